The number of nitrogens with one attached hydrogen (secondary N) is 3. The van der Waals surface area contributed by atoms with E-state index >= 15 is 0 Å². The maximum atomic E-state index is 13.0. The number of guanidine groups is 1. The summed E-state index contributed by atoms with van der Waals surface area (Å²) in [5.74, 6) is 0.140. The fourth-order valence-corrected chi connectivity index (χ4v) is 3.63. The molecule has 9 nitrogen and oxygen atoms in total. The second-order valence-electron chi connectivity index (χ2n) is 8.95. The summed E-state index contributed by atoms with van der Waals surface area (Å²) in [6.07, 6.45) is 5.68. The Kier molecular flexibility index (Phi) is 9.39. The number of benzene rings is 1. The van der Waals surface area contributed by atoms with Crippen molar-refractivity contribution >= 4 is 23.6 Å². The third-order valence-electron chi connectivity index (χ3n) is 5.92. The minimum absolute atomic E-state index is 0.00157. The van der Waals surface area contributed by atoms with Crippen LogP contribution in [0.4, 0.5) is 14.9 Å². The third-order valence-corrected chi connectivity index (χ3v) is 5.92. The van der Waals surface area contributed by atoms with E-state index in [-0.39, 0.29) is 18.4 Å². The first kappa shape index (κ1) is 25.9. The van der Waals surface area contributed by atoms with Crippen LogP contribution in [0.3, 0.4) is 0 Å². The van der Waals surface area contributed by atoms with E-state index in [2.05, 4.69) is 32.9 Å². The Morgan fingerprint density at radius 3 is 2.49 bits per heavy atom. The van der Waals surface area contributed by atoms with Gasteiger partial charge in [-0.15, -0.1) is 0 Å². The molecule has 1 atom stereocenters. The SMILES string of the molecule is C[C@@H](CNC(=O)N/C(=N\c1ccc(Oc2ccc(F)cn2)cc1)NC[C@H]1CC[C@H](C)CC1)C(=O)O. The highest BCUT2D eigenvalue weighted by molar-refractivity contribution is 5.97. The molecule has 10 heteroatoms. The summed E-state index contributed by atoms with van der Waals surface area (Å²) in [6, 6.07) is 8.98. The molecule has 1 aliphatic carbocycles. The molecule has 1 saturated carbocycles. The Morgan fingerprint density at radius 1 is 1.14 bits per heavy atom. The zero-order chi connectivity index (χ0) is 25.2. The van der Waals surface area contributed by atoms with E-state index in [4.69, 9.17) is 9.84 Å². The summed E-state index contributed by atoms with van der Waals surface area (Å²) in [5, 5.41) is 17.5. The van der Waals surface area contributed by atoms with Crippen LogP contribution in [-0.2, 0) is 4.79 Å². The number of aliphatic imine (C=N–C) groups is 1. The predicted octanol–water partition coefficient (Wildman–Crippen LogP) is 4.44. The number of halogens is 1. The van der Waals surface area contributed by atoms with Crippen molar-refractivity contribution in [3.05, 3.63) is 48.4 Å². The maximum absolute atomic E-state index is 13.0. The molecule has 3 rings (SSSR count). The van der Waals surface area contributed by atoms with Crippen LogP contribution < -0.4 is 20.7 Å². The monoisotopic (exact) mass is 485 g/mol. The Balaban J connectivity index is 1.64. The van der Waals surface area contributed by atoms with Gasteiger partial charge in [0.25, 0.3) is 0 Å². The van der Waals surface area contributed by atoms with Crippen molar-refractivity contribution in [1.82, 2.24) is 20.9 Å². The molecule has 35 heavy (non-hydrogen) atoms. The van der Waals surface area contributed by atoms with E-state index in [0.717, 1.165) is 25.0 Å². The topological polar surface area (TPSA) is 125 Å². The Morgan fingerprint density at radius 2 is 1.86 bits per heavy atom. The first-order chi connectivity index (χ1) is 16.8. The lowest BCUT2D eigenvalue weighted by Gasteiger charge is -2.26. The van der Waals surface area contributed by atoms with Crippen molar-refractivity contribution < 1.29 is 23.8 Å². The normalized spacial score (nSPS) is 18.9. The van der Waals surface area contributed by atoms with Gasteiger partial charge in [0.15, 0.2) is 0 Å². The molecule has 2 aromatic rings. The summed E-state index contributed by atoms with van der Waals surface area (Å²) in [7, 11) is 0. The van der Waals surface area contributed by atoms with Gasteiger partial charge < -0.3 is 20.5 Å². The highest BCUT2D eigenvalue weighted by atomic mass is 19.1. The summed E-state index contributed by atoms with van der Waals surface area (Å²) in [5.41, 5.74) is 0.573. The minimum Gasteiger partial charge on any atom is -0.481 e. The molecule has 0 spiro atoms. The molecule has 1 aliphatic rings. The van der Waals surface area contributed by atoms with Crippen molar-refractivity contribution in [1.29, 1.82) is 0 Å². The average Bonchev–Trinajstić information content (AvgIpc) is 2.84. The van der Waals surface area contributed by atoms with Gasteiger partial charge in [-0.3, -0.25) is 10.1 Å². The van der Waals surface area contributed by atoms with E-state index in [1.54, 1.807) is 24.3 Å². The lowest BCUT2D eigenvalue weighted by molar-refractivity contribution is -0.140. The van der Waals surface area contributed by atoms with Crippen molar-refractivity contribution in [2.24, 2.45) is 22.7 Å². The molecule has 0 radical (unpaired) electrons. The van der Waals surface area contributed by atoms with E-state index in [1.807, 2.05) is 0 Å². The molecule has 4 N–H and O–H groups in total. The summed E-state index contributed by atoms with van der Waals surface area (Å²) in [4.78, 5) is 31.7. The minimum atomic E-state index is -0.984. The quantitative estimate of drug-likeness (QED) is 0.324. The zero-order valence-corrected chi connectivity index (χ0v) is 20.0. The molecule has 0 saturated heterocycles. The van der Waals surface area contributed by atoms with Crippen LogP contribution in [0, 0.1) is 23.6 Å². The van der Waals surface area contributed by atoms with E-state index in [1.165, 1.54) is 31.9 Å². The lowest BCUT2D eigenvalue weighted by Crippen LogP contribution is -2.48. The second-order valence-corrected chi connectivity index (χ2v) is 8.95. The van der Waals surface area contributed by atoms with Crippen molar-refractivity contribution in [3.63, 3.8) is 0 Å². The predicted molar refractivity (Wildman–Crippen MR) is 130 cm³/mol. The van der Waals surface area contributed by atoms with Gasteiger partial charge in [-0.25, -0.2) is 19.2 Å². The van der Waals surface area contributed by atoms with Gasteiger partial charge in [0.2, 0.25) is 11.8 Å². The average molecular weight is 486 g/mol. The van der Waals surface area contributed by atoms with Crippen LogP contribution in [0.5, 0.6) is 11.6 Å². The van der Waals surface area contributed by atoms with Gasteiger partial charge in [0, 0.05) is 19.2 Å². The number of pyridine rings is 1. The van der Waals surface area contributed by atoms with Gasteiger partial charge in [-0.05, 0) is 55.0 Å². The molecule has 1 aromatic carbocycles. The Labute approximate surface area is 204 Å². The first-order valence-corrected chi connectivity index (χ1v) is 11.8. The van der Waals surface area contributed by atoms with Crippen LogP contribution >= 0.6 is 0 Å². The van der Waals surface area contributed by atoms with E-state index in [0.29, 0.717) is 23.9 Å². The number of hydrogen-bond donors (Lipinski definition) is 4. The summed E-state index contributed by atoms with van der Waals surface area (Å²) in [6.45, 7) is 4.46. The fraction of sp³-hybridized carbons (Fsp3) is 0.440. The zero-order valence-electron chi connectivity index (χ0n) is 20.0. The standard InChI is InChI=1S/C25H32FN5O4/c1-16-3-5-18(6-4-16)14-28-24(31-25(34)29-13-17(2)23(32)33)30-20-8-10-21(11-9-20)35-22-12-7-19(26)15-27-22/h7-12,15-18H,3-6,13-14H2,1-2H3,(H,32,33)(H3,28,29,30,31,34)/t16-,17-,18-/m0/s1. The number of carboxylic acids is 1. The molecular weight excluding hydrogens is 453 g/mol. The van der Waals surface area contributed by atoms with Gasteiger partial charge in [0.05, 0.1) is 17.8 Å². The van der Waals surface area contributed by atoms with Gasteiger partial charge in [-0.2, -0.15) is 0 Å². The molecule has 1 fully saturated rings. The fourth-order valence-electron chi connectivity index (χ4n) is 3.63. The molecular formula is C25H32FN5O4. The van der Waals surface area contributed by atoms with Gasteiger partial charge in [0.1, 0.15) is 11.6 Å². The number of carbonyl (C=O) groups is 2. The number of rotatable bonds is 8. The largest absolute Gasteiger partial charge is 0.481 e. The smallest absolute Gasteiger partial charge is 0.321 e. The molecule has 0 unspecified atom stereocenters. The third kappa shape index (κ3) is 8.88. The number of amides is 2. The molecule has 188 valence electrons. The van der Waals surface area contributed by atoms with Crippen LogP contribution in [0.2, 0.25) is 0 Å². The number of nitrogens with zero attached hydrogens (tertiary/aromatic N) is 2. The lowest BCUT2D eigenvalue weighted by atomic mass is 9.83. The van der Waals surface area contributed by atoms with Crippen LogP contribution in [0.15, 0.2) is 47.6 Å². The van der Waals surface area contributed by atoms with Crippen molar-refractivity contribution in [2.45, 2.75) is 39.5 Å². The molecule has 1 heterocycles. The molecule has 0 bridgehead atoms. The molecule has 0 aliphatic heterocycles. The number of carbonyl (C=O) groups excluding carboxylic acids is 1. The van der Waals surface area contributed by atoms with Gasteiger partial charge >= 0.3 is 12.0 Å². The number of hydrogen-bond acceptors (Lipinski definition) is 5. The van der Waals surface area contributed by atoms with E-state index < -0.39 is 23.7 Å². The highest BCUT2D eigenvalue weighted by Gasteiger charge is 2.19. The first-order valence-electron chi connectivity index (χ1n) is 11.8. The van der Waals surface area contributed by atoms with Crippen molar-refractivity contribution in [3.8, 4) is 11.6 Å². The number of urea groups is 1. The Bertz CT molecular complexity index is 1010. The molecule has 1 aromatic heterocycles. The Hall–Kier alpha value is -3.69. The summed E-state index contributed by atoms with van der Waals surface area (Å²) >= 11 is 0. The summed E-state index contributed by atoms with van der Waals surface area (Å²) < 4.78 is 18.6. The van der Waals surface area contributed by atoms with Crippen LogP contribution in [0.25, 0.3) is 0 Å². The number of aliphatic carboxylic acids is 1. The van der Waals surface area contributed by atoms with Crippen molar-refractivity contribution in [2.75, 3.05) is 13.1 Å². The highest BCUT2D eigenvalue weighted by Crippen LogP contribution is 2.28. The van der Waals surface area contributed by atoms with Gasteiger partial charge in [-0.1, -0.05) is 26.7 Å². The van der Waals surface area contributed by atoms with Crippen LogP contribution in [0.1, 0.15) is 39.5 Å². The molecule has 2 amide bonds. The maximum Gasteiger partial charge on any atom is 0.321 e. The van der Waals surface area contributed by atoms with E-state index in [9.17, 15) is 14.0 Å². The van der Waals surface area contributed by atoms with Crippen LogP contribution in [-0.4, -0.2) is 41.1 Å². The second kappa shape index (κ2) is 12.7. The number of ether oxygens (including phenoxy) is 1. The number of carboxylic acid groups (broad SMARTS) is 1. The number of aromatic nitrogens is 1.